The Labute approximate surface area is 188 Å². The molecular weight excluding hydrogens is 401 g/mol. The molecule has 2 aliphatic heterocycles. The van der Waals surface area contributed by atoms with Gasteiger partial charge in [-0.15, -0.1) is 0 Å². The zero-order valence-electron chi connectivity index (χ0n) is 18.1. The van der Waals surface area contributed by atoms with E-state index in [2.05, 4.69) is 45.4 Å². The number of hydrogen-bond donors (Lipinski definition) is 1. The highest BCUT2D eigenvalue weighted by Crippen LogP contribution is 2.37. The van der Waals surface area contributed by atoms with E-state index in [-0.39, 0.29) is 23.7 Å². The second-order valence-corrected chi connectivity index (χ2v) is 8.62. The summed E-state index contributed by atoms with van der Waals surface area (Å²) in [5.74, 6) is -0.294. The first-order chi connectivity index (χ1) is 15.7. The molecule has 3 aromatic carbocycles. The third-order valence-corrected chi connectivity index (χ3v) is 6.71. The van der Waals surface area contributed by atoms with Gasteiger partial charge in [0.1, 0.15) is 5.82 Å². The number of hydrogen-bond acceptors (Lipinski definition) is 3. The molecular formula is C27H28FN3O. The Hall–Kier alpha value is -3.34. The second kappa shape index (κ2) is 9.03. The van der Waals surface area contributed by atoms with Crippen LogP contribution in [0.2, 0.25) is 0 Å². The summed E-state index contributed by atoms with van der Waals surface area (Å²) < 4.78 is 14.5. The Bertz CT molecular complexity index is 1090. The molecule has 0 aromatic heterocycles. The first-order valence-corrected chi connectivity index (χ1v) is 11.4. The van der Waals surface area contributed by atoms with Crippen LogP contribution in [0.5, 0.6) is 0 Å². The zero-order valence-corrected chi connectivity index (χ0v) is 18.1. The van der Waals surface area contributed by atoms with E-state index in [0.29, 0.717) is 25.2 Å². The Morgan fingerprint density at radius 1 is 0.906 bits per heavy atom. The number of rotatable bonds is 5. The van der Waals surface area contributed by atoms with Crippen LogP contribution in [0.1, 0.15) is 11.1 Å². The predicted molar refractivity (Wildman–Crippen MR) is 127 cm³/mol. The van der Waals surface area contributed by atoms with Crippen LogP contribution in [-0.2, 0) is 17.6 Å². The number of benzene rings is 3. The number of carbonyl (C=O) groups is 1. The maximum absolute atomic E-state index is 14.5. The average molecular weight is 430 g/mol. The van der Waals surface area contributed by atoms with Crippen molar-refractivity contribution in [2.24, 2.45) is 5.92 Å². The Morgan fingerprint density at radius 2 is 1.62 bits per heavy atom. The number of nitrogens with one attached hydrogen (secondary N) is 1. The Kier molecular flexibility index (Phi) is 5.80. The highest BCUT2D eigenvalue weighted by atomic mass is 19.1. The zero-order chi connectivity index (χ0) is 21.9. The number of anilines is 2. The summed E-state index contributed by atoms with van der Waals surface area (Å²) in [6, 6.07) is 25.5. The van der Waals surface area contributed by atoms with Gasteiger partial charge >= 0.3 is 0 Å². The number of amides is 1. The van der Waals surface area contributed by atoms with E-state index >= 15 is 0 Å². The molecule has 1 amide bonds. The number of halogens is 1. The summed E-state index contributed by atoms with van der Waals surface area (Å²) in [5.41, 5.74) is 4.26. The molecule has 0 saturated carbocycles. The summed E-state index contributed by atoms with van der Waals surface area (Å²) >= 11 is 0. The smallest absolute Gasteiger partial charge is 0.225 e. The topological polar surface area (TPSA) is 35.6 Å². The lowest BCUT2D eigenvalue weighted by molar-refractivity contribution is -0.125. The lowest BCUT2D eigenvalue weighted by atomic mass is 9.83. The number of para-hydroxylation sites is 2. The first-order valence-electron chi connectivity index (χ1n) is 11.4. The number of piperazine rings is 1. The van der Waals surface area contributed by atoms with Crippen LogP contribution in [0.4, 0.5) is 15.8 Å². The fourth-order valence-electron chi connectivity index (χ4n) is 5.09. The fourth-order valence-corrected chi connectivity index (χ4v) is 5.09. The van der Waals surface area contributed by atoms with Gasteiger partial charge in [0.05, 0.1) is 17.6 Å². The van der Waals surface area contributed by atoms with Crippen molar-refractivity contribution in [3.63, 3.8) is 0 Å². The summed E-state index contributed by atoms with van der Waals surface area (Å²) in [4.78, 5) is 17.8. The van der Waals surface area contributed by atoms with Crippen molar-refractivity contribution in [1.29, 1.82) is 0 Å². The maximum atomic E-state index is 14.5. The minimum Gasteiger partial charge on any atom is -0.365 e. The molecule has 5 rings (SSSR count). The van der Waals surface area contributed by atoms with Gasteiger partial charge in [-0.25, -0.2) is 4.39 Å². The standard InChI is InChI=1S/C27H28FN3O/c28-23-11-5-7-13-25(23)30-16-17-31-24-12-6-4-10-21(24)18-22(26(31)19-30)27(32)29-15-14-20-8-2-1-3-9-20/h1-13,22,26H,14-19H2,(H,29,32)/t22-,26+/m0/s1. The van der Waals surface area contributed by atoms with E-state index in [1.54, 1.807) is 6.07 Å². The van der Waals surface area contributed by atoms with Crippen molar-refractivity contribution in [2.45, 2.75) is 18.9 Å². The van der Waals surface area contributed by atoms with E-state index in [1.807, 2.05) is 36.4 Å². The van der Waals surface area contributed by atoms with Gasteiger partial charge in [0.25, 0.3) is 0 Å². The SMILES string of the molecule is O=C(NCCc1ccccc1)[C@H]1Cc2ccccc2N2CCN(c3ccccc3F)C[C@H]12. The van der Waals surface area contributed by atoms with E-state index < -0.39 is 0 Å². The van der Waals surface area contributed by atoms with Crippen molar-refractivity contribution in [1.82, 2.24) is 5.32 Å². The summed E-state index contributed by atoms with van der Waals surface area (Å²) in [7, 11) is 0. The molecule has 0 radical (unpaired) electrons. The number of fused-ring (bicyclic) bond motifs is 3. The van der Waals surface area contributed by atoms with Gasteiger partial charge in [0, 0.05) is 31.9 Å². The molecule has 2 aliphatic rings. The molecule has 32 heavy (non-hydrogen) atoms. The van der Waals surface area contributed by atoms with Gasteiger partial charge < -0.3 is 15.1 Å². The van der Waals surface area contributed by atoms with Crippen molar-refractivity contribution in [3.8, 4) is 0 Å². The quantitative estimate of drug-likeness (QED) is 0.665. The summed E-state index contributed by atoms with van der Waals surface area (Å²) in [6.45, 7) is 2.74. The molecule has 164 valence electrons. The molecule has 4 nitrogen and oxygen atoms in total. The highest BCUT2D eigenvalue weighted by molar-refractivity contribution is 5.82. The monoisotopic (exact) mass is 429 g/mol. The Morgan fingerprint density at radius 3 is 2.44 bits per heavy atom. The van der Waals surface area contributed by atoms with Crippen LogP contribution in [0, 0.1) is 11.7 Å². The van der Waals surface area contributed by atoms with Gasteiger partial charge in [-0.3, -0.25) is 4.79 Å². The highest BCUT2D eigenvalue weighted by Gasteiger charge is 2.41. The average Bonchev–Trinajstić information content (AvgIpc) is 2.84. The minimum absolute atomic E-state index is 0.00924. The van der Waals surface area contributed by atoms with Crippen LogP contribution in [0.25, 0.3) is 0 Å². The van der Waals surface area contributed by atoms with Crippen molar-refractivity contribution in [2.75, 3.05) is 36.0 Å². The molecule has 5 heteroatoms. The largest absolute Gasteiger partial charge is 0.365 e. The van der Waals surface area contributed by atoms with Gasteiger partial charge in [-0.1, -0.05) is 60.7 Å². The van der Waals surface area contributed by atoms with E-state index in [4.69, 9.17) is 0 Å². The molecule has 1 N–H and O–H groups in total. The number of carbonyl (C=O) groups excluding carboxylic acids is 1. The molecule has 2 heterocycles. The van der Waals surface area contributed by atoms with Gasteiger partial charge in [0.2, 0.25) is 5.91 Å². The van der Waals surface area contributed by atoms with Crippen LogP contribution < -0.4 is 15.1 Å². The van der Waals surface area contributed by atoms with Gasteiger partial charge in [-0.2, -0.15) is 0 Å². The lowest BCUT2D eigenvalue weighted by Gasteiger charge is -2.49. The van der Waals surface area contributed by atoms with E-state index in [9.17, 15) is 9.18 Å². The van der Waals surface area contributed by atoms with Gasteiger partial charge in [-0.05, 0) is 42.2 Å². The molecule has 0 unspecified atom stereocenters. The Balaban J connectivity index is 1.35. The molecule has 1 fully saturated rings. The fraction of sp³-hybridized carbons (Fsp3) is 0.296. The van der Waals surface area contributed by atoms with Crippen LogP contribution >= 0.6 is 0 Å². The molecule has 1 saturated heterocycles. The second-order valence-electron chi connectivity index (χ2n) is 8.62. The third-order valence-electron chi connectivity index (χ3n) is 6.71. The van der Waals surface area contributed by atoms with E-state index in [0.717, 1.165) is 19.5 Å². The minimum atomic E-state index is -0.207. The molecule has 3 aromatic rings. The van der Waals surface area contributed by atoms with E-state index in [1.165, 1.54) is 22.9 Å². The van der Waals surface area contributed by atoms with Crippen molar-refractivity contribution >= 4 is 17.3 Å². The third kappa shape index (κ3) is 4.07. The summed E-state index contributed by atoms with van der Waals surface area (Å²) in [6.07, 6.45) is 1.52. The number of nitrogens with zero attached hydrogens (tertiary/aromatic N) is 2. The normalized spacial score (nSPS) is 19.8. The lowest BCUT2D eigenvalue weighted by Crippen LogP contribution is -2.61. The van der Waals surface area contributed by atoms with Crippen molar-refractivity contribution < 1.29 is 9.18 Å². The van der Waals surface area contributed by atoms with Crippen LogP contribution in [-0.4, -0.2) is 38.1 Å². The maximum Gasteiger partial charge on any atom is 0.225 e. The summed E-state index contributed by atoms with van der Waals surface area (Å²) in [5, 5.41) is 3.17. The molecule has 0 spiro atoms. The molecule has 0 aliphatic carbocycles. The van der Waals surface area contributed by atoms with Crippen LogP contribution in [0.15, 0.2) is 78.9 Å². The molecule has 2 atom stereocenters. The van der Waals surface area contributed by atoms with Crippen LogP contribution in [0.3, 0.4) is 0 Å². The van der Waals surface area contributed by atoms with Gasteiger partial charge in [0.15, 0.2) is 0 Å². The predicted octanol–water partition coefficient (Wildman–Crippen LogP) is 4.05. The molecule has 0 bridgehead atoms. The first kappa shape index (κ1) is 20.6. The van der Waals surface area contributed by atoms with Crippen molar-refractivity contribution in [3.05, 3.63) is 95.8 Å².